The van der Waals surface area contributed by atoms with E-state index in [1.807, 2.05) is 36.4 Å². The Hall–Kier alpha value is -4.03. The lowest BCUT2D eigenvalue weighted by atomic mass is 9.86. The second kappa shape index (κ2) is 11.8. The van der Waals surface area contributed by atoms with E-state index in [1.165, 1.54) is 11.1 Å². The van der Waals surface area contributed by atoms with Crippen molar-refractivity contribution in [2.24, 2.45) is 11.7 Å². The van der Waals surface area contributed by atoms with E-state index in [0.29, 0.717) is 41.5 Å². The van der Waals surface area contributed by atoms with E-state index in [9.17, 15) is 0 Å². The predicted octanol–water partition coefficient (Wildman–Crippen LogP) is 6.10. The normalized spacial score (nSPS) is 17.2. The van der Waals surface area contributed by atoms with Crippen LogP contribution in [0.5, 0.6) is 0 Å². The van der Waals surface area contributed by atoms with Crippen LogP contribution in [-0.2, 0) is 6.54 Å². The van der Waals surface area contributed by atoms with Crippen LogP contribution >= 0.6 is 0 Å². The van der Waals surface area contributed by atoms with Crippen LogP contribution < -0.4 is 16.4 Å². The van der Waals surface area contributed by atoms with Crippen molar-refractivity contribution in [2.75, 3.05) is 17.2 Å². The fourth-order valence-electron chi connectivity index (χ4n) is 4.81. The molecule has 0 amide bonds. The highest BCUT2D eigenvalue weighted by Gasteiger charge is 2.20. The molecule has 4 aromatic rings. The number of nitrogens with two attached hydrogens (primary N) is 1. The van der Waals surface area contributed by atoms with Crippen molar-refractivity contribution < 1.29 is 0 Å². The maximum absolute atomic E-state index is 8.80. The Bertz CT molecular complexity index is 1300. The van der Waals surface area contributed by atoms with Crippen LogP contribution in [0, 0.1) is 11.3 Å². The highest BCUT2D eigenvalue weighted by atomic mass is 15.1. The summed E-state index contributed by atoms with van der Waals surface area (Å²) in [4.78, 5) is 9.35. The van der Waals surface area contributed by atoms with Gasteiger partial charge in [-0.2, -0.15) is 4.98 Å². The van der Waals surface area contributed by atoms with Crippen LogP contribution in [0.3, 0.4) is 0 Å². The fourth-order valence-corrected chi connectivity index (χ4v) is 4.81. The summed E-state index contributed by atoms with van der Waals surface area (Å²) < 4.78 is 0. The molecule has 6 nitrogen and oxygen atoms in total. The van der Waals surface area contributed by atoms with Crippen molar-refractivity contribution in [1.29, 1.82) is 5.41 Å². The molecule has 1 heterocycles. The Kier molecular flexibility index (Phi) is 7.87. The molecule has 0 spiro atoms. The van der Waals surface area contributed by atoms with E-state index in [4.69, 9.17) is 16.1 Å². The van der Waals surface area contributed by atoms with E-state index in [2.05, 4.69) is 64.1 Å². The highest BCUT2D eigenvalue weighted by Crippen LogP contribution is 2.25. The van der Waals surface area contributed by atoms with Gasteiger partial charge < -0.3 is 16.4 Å². The van der Waals surface area contributed by atoms with E-state index < -0.39 is 0 Å². The first kappa shape index (κ1) is 24.7. The van der Waals surface area contributed by atoms with E-state index in [1.54, 1.807) is 6.20 Å². The van der Waals surface area contributed by atoms with Crippen LogP contribution in [0.1, 0.15) is 42.4 Å². The topological polar surface area (TPSA) is 99.7 Å². The van der Waals surface area contributed by atoms with E-state index in [-0.39, 0.29) is 0 Å². The van der Waals surface area contributed by atoms with Crippen LogP contribution in [0.2, 0.25) is 0 Å². The molecule has 1 aliphatic rings. The first-order valence-electron chi connectivity index (χ1n) is 13.0. The van der Waals surface area contributed by atoms with Gasteiger partial charge in [0, 0.05) is 30.9 Å². The number of anilines is 2. The van der Waals surface area contributed by atoms with Crippen LogP contribution in [0.4, 0.5) is 11.8 Å². The second-order valence-corrected chi connectivity index (χ2v) is 9.78. The summed E-state index contributed by atoms with van der Waals surface area (Å²) in [6.45, 7) is 1.43. The zero-order valence-corrected chi connectivity index (χ0v) is 21.0. The molecule has 5 rings (SSSR count). The van der Waals surface area contributed by atoms with Crippen LogP contribution in [0.15, 0.2) is 91.1 Å². The molecule has 37 heavy (non-hydrogen) atoms. The van der Waals surface area contributed by atoms with Gasteiger partial charge in [0.1, 0.15) is 5.82 Å². The van der Waals surface area contributed by atoms with E-state index in [0.717, 1.165) is 43.4 Å². The van der Waals surface area contributed by atoms with Crippen LogP contribution in [0.25, 0.3) is 11.1 Å². The van der Waals surface area contributed by atoms with Gasteiger partial charge in [-0.3, -0.25) is 5.41 Å². The third-order valence-electron chi connectivity index (χ3n) is 7.08. The summed E-state index contributed by atoms with van der Waals surface area (Å²) in [7, 11) is 0. The van der Waals surface area contributed by atoms with Gasteiger partial charge >= 0.3 is 0 Å². The van der Waals surface area contributed by atoms with Crippen molar-refractivity contribution in [3.05, 3.63) is 108 Å². The molecular weight excluding hydrogens is 456 g/mol. The molecule has 1 fully saturated rings. The molecule has 0 atom stereocenters. The van der Waals surface area contributed by atoms with Gasteiger partial charge in [-0.1, -0.05) is 84.9 Å². The molecule has 0 saturated heterocycles. The Balaban J connectivity index is 1.30. The molecule has 3 aromatic carbocycles. The predicted molar refractivity (Wildman–Crippen MR) is 152 cm³/mol. The summed E-state index contributed by atoms with van der Waals surface area (Å²) in [5.74, 6) is 1.80. The third-order valence-corrected chi connectivity index (χ3v) is 7.08. The summed E-state index contributed by atoms with van der Waals surface area (Å²) >= 11 is 0. The number of benzene rings is 3. The number of rotatable bonds is 9. The lowest BCUT2D eigenvalue weighted by Gasteiger charge is -2.26. The minimum Gasteiger partial charge on any atom is -0.369 e. The molecule has 1 aromatic heterocycles. The first-order chi connectivity index (χ1) is 18.2. The summed E-state index contributed by atoms with van der Waals surface area (Å²) in [5.41, 5.74) is 11.6. The largest absolute Gasteiger partial charge is 0.369 e. The number of aromatic nitrogens is 2. The van der Waals surface area contributed by atoms with Gasteiger partial charge in [0.05, 0.1) is 11.3 Å². The summed E-state index contributed by atoms with van der Waals surface area (Å²) in [5, 5.41) is 15.7. The lowest BCUT2D eigenvalue weighted by molar-refractivity contribution is 0.338. The van der Waals surface area contributed by atoms with Gasteiger partial charge in [-0.25, -0.2) is 4.98 Å². The van der Waals surface area contributed by atoms with Crippen molar-refractivity contribution >= 4 is 17.5 Å². The molecule has 0 aliphatic heterocycles. The fraction of sp³-hybridized carbons (Fsp3) is 0.258. The first-order valence-corrected chi connectivity index (χ1v) is 13.0. The SMILES string of the molecule is N=C(c1ccccc1)c1cnc(NCc2ccc(-c3ccccc3)cc2)nc1NCC1CCC(N)CC1. The molecule has 1 aliphatic carbocycles. The molecular formula is C31H34N6. The minimum absolute atomic E-state index is 0.328. The number of nitrogens with one attached hydrogen (secondary N) is 3. The molecule has 1 saturated carbocycles. The molecule has 0 unspecified atom stereocenters. The Morgan fingerprint density at radius 2 is 1.46 bits per heavy atom. The average Bonchev–Trinajstić information content (AvgIpc) is 2.97. The Morgan fingerprint density at radius 3 is 2.16 bits per heavy atom. The van der Waals surface area contributed by atoms with Gasteiger partial charge in [0.25, 0.3) is 0 Å². The minimum atomic E-state index is 0.328. The standard InChI is InChI=1S/C31H34N6/c32-27-17-13-23(14-18-27)19-34-30-28(29(33)26-9-5-2-6-10-26)21-36-31(37-30)35-20-22-11-15-25(16-12-22)24-7-3-1-4-8-24/h1-12,15-16,21,23,27,33H,13-14,17-20,32H2,(H2,34,35,36,37). The van der Waals surface area contributed by atoms with Crippen molar-refractivity contribution in [2.45, 2.75) is 38.3 Å². The van der Waals surface area contributed by atoms with Gasteiger partial charge in [-0.15, -0.1) is 0 Å². The maximum atomic E-state index is 8.80. The Morgan fingerprint density at radius 1 is 0.811 bits per heavy atom. The van der Waals surface area contributed by atoms with Gasteiger partial charge in [-0.05, 0) is 48.3 Å². The molecule has 6 heteroatoms. The Labute approximate surface area is 218 Å². The number of nitrogens with zero attached hydrogens (tertiary/aromatic N) is 2. The number of hydrogen-bond donors (Lipinski definition) is 4. The average molecular weight is 491 g/mol. The van der Waals surface area contributed by atoms with Crippen LogP contribution in [-0.4, -0.2) is 28.3 Å². The molecule has 0 bridgehead atoms. The quantitative estimate of drug-likeness (QED) is 0.212. The third kappa shape index (κ3) is 6.40. The summed E-state index contributed by atoms with van der Waals surface area (Å²) in [6.07, 6.45) is 6.13. The maximum Gasteiger partial charge on any atom is 0.224 e. The number of hydrogen-bond acceptors (Lipinski definition) is 6. The lowest BCUT2D eigenvalue weighted by Crippen LogP contribution is -2.29. The van der Waals surface area contributed by atoms with Gasteiger partial charge in [0.15, 0.2) is 0 Å². The molecule has 0 radical (unpaired) electrons. The van der Waals surface area contributed by atoms with E-state index >= 15 is 0 Å². The smallest absolute Gasteiger partial charge is 0.224 e. The molecule has 5 N–H and O–H groups in total. The monoisotopic (exact) mass is 490 g/mol. The highest BCUT2D eigenvalue weighted by molar-refractivity contribution is 6.13. The zero-order valence-electron chi connectivity index (χ0n) is 21.0. The van der Waals surface area contributed by atoms with Crippen molar-refractivity contribution in [1.82, 2.24) is 9.97 Å². The van der Waals surface area contributed by atoms with Gasteiger partial charge in [0.2, 0.25) is 5.95 Å². The van der Waals surface area contributed by atoms with Crippen molar-refractivity contribution in [3.63, 3.8) is 0 Å². The second-order valence-electron chi connectivity index (χ2n) is 9.78. The zero-order chi connectivity index (χ0) is 25.5. The van der Waals surface area contributed by atoms with Crippen molar-refractivity contribution in [3.8, 4) is 11.1 Å². The molecule has 188 valence electrons. The summed E-state index contributed by atoms with van der Waals surface area (Å²) in [6, 6.07) is 29.0.